The number of nitrogens with two attached hydrogens (primary N) is 1. The number of nitrogens with zero attached hydrogens (tertiary/aromatic N) is 2. The number of pyridine rings is 2. The number of hydrogen-bond donors (Lipinski definition) is 2. The first-order valence-electron chi connectivity index (χ1n) is 6.53. The van der Waals surface area contributed by atoms with Crippen LogP contribution in [0.1, 0.15) is 16.1 Å². The van der Waals surface area contributed by atoms with Crippen LogP contribution < -0.4 is 11.1 Å². The van der Waals surface area contributed by atoms with Gasteiger partial charge in [0.1, 0.15) is 0 Å². The highest BCUT2D eigenvalue weighted by molar-refractivity contribution is 6.10. The van der Waals surface area contributed by atoms with E-state index in [1.807, 2.05) is 12.1 Å². The Hall–Kier alpha value is -2.95. The molecule has 2 aromatic heterocycles. The van der Waals surface area contributed by atoms with E-state index >= 15 is 0 Å². The minimum Gasteiger partial charge on any atom is -0.397 e. The molecule has 3 rings (SSSR count). The van der Waals surface area contributed by atoms with Crippen molar-refractivity contribution >= 4 is 28.2 Å². The standard InChI is InChI=1S/C16H14N4O/c1-10-11(4-2-8-18-10)16(21)20-14-7-6-13(17)15-12(14)5-3-9-19-15/h2-9H,17H2,1H3,(H,20,21). The zero-order valence-electron chi connectivity index (χ0n) is 11.5. The lowest BCUT2D eigenvalue weighted by atomic mass is 10.1. The van der Waals surface area contributed by atoms with E-state index in [1.165, 1.54) is 0 Å². The van der Waals surface area contributed by atoms with Crippen molar-refractivity contribution < 1.29 is 4.79 Å². The number of fused-ring (bicyclic) bond motifs is 1. The number of nitrogen functional groups attached to an aromatic ring is 1. The van der Waals surface area contributed by atoms with Crippen molar-refractivity contribution in [2.45, 2.75) is 6.92 Å². The number of aromatic nitrogens is 2. The SMILES string of the molecule is Cc1ncccc1C(=O)Nc1ccc(N)c2ncccc12. The number of rotatable bonds is 2. The molecule has 21 heavy (non-hydrogen) atoms. The quantitative estimate of drug-likeness (QED) is 0.706. The first-order valence-corrected chi connectivity index (χ1v) is 6.53. The van der Waals surface area contributed by atoms with Gasteiger partial charge in [-0.2, -0.15) is 0 Å². The molecule has 1 aromatic carbocycles. The molecular formula is C16H14N4O. The first-order chi connectivity index (χ1) is 10.2. The number of nitrogens with one attached hydrogen (secondary N) is 1. The Morgan fingerprint density at radius 3 is 2.67 bits per heavy atom. The molecule has 104 valence electrons. The summed E-state index contributed by atoms with van der Waals surface area (Å²) in [5, 5.41) is 3.71. The molecule has 5 nitrogen and oxygen atoms in total. The van der Waals surface area contributed by atoms with Gasteiger partial charge in [-0.25, -0.2) is 0 Å². The summed E-state index contributed by atoms with van der Waals surface area (Å²) in [6, 6.07) is 10.7. The first kappa shape index (κ1) is 13.1. The second-order valence-electron chi connectivity index (χ2n) is 4.69. The molecule has 0 saturated carbocycles. The smallest absolute Gasteiger partial charge is 0.257 e. The summed E-state index contributed by atoms with van der Waals surface area (Å²) in [4.78, 5) is 20.7. The van der Waals surface area contributed by atoms with Gasteiger partial charge < -0.3 is 11.1 Å². The van der Waals surface area contributed by atoms with E-state index in [1.54, 1.807) is 43.6 Å². The lowest BCUT2D eigenvalue weighted by molar-refractivity contribution is 0.102. The van der Waals surface area contributed by atoms with Gasteiger partial charge in [0.2, 0.25) is 0 Å². The van der Waals surface area contributed by atoms with Crippen molar-refractivity contribution in [1.29, 1.82) is 0 Å². The van der Waals surface area contributed by atoms with Crippen LogP contribution in [0.2, 0.25) is 0 Å². The average molecular weight is 278 g/mol. The molecule has 0 aliphatic heterocycles. The highest BCUT2D eigenvalue weighted by Gasteiger charge is 2.12. The predicted octanol–water partition coefficient (Wildman–Crippen LogP) is 2.77. The van der Waals surface area contributed by atoms with Gasteiger partial charge in [-0.05, 0) is 43.3 Å². The van der Waals surface area contributed by atoms with E-state index < -0.39 is 0 Å². The summed E-state index contributed by atoms with van der Waals surface area (Å²) in [7, 11) is 0. The van der Waals surface area contributed by atoms with E-state index in [9.17, 15) is 4.79 Å². The fourth-order valence-electron chi connectivity index (χ4n) is 2.22. The van der Waals surface area contributed by atoms with Crippen LogP contribution in [0.5, 0.6) is 0 Å². The van der Waals surface area contributed by atoms with E-state index in [0.29, 0.717) is 28.1 Å². The molecule has 3 N–H and O–H groups in total. The largest absolute Gasteiger partial charge is 0.397 e. The molecular weight excluding hydrogens is 264 g/mol. The van der Waals surface area contributed by atoms with Crippen LogP contribution in [0.3, 0.4) is 0 Å². The fourth-order valence-corrected chi connectivity index (χ4v) is 2.22. The number of carbonyl (C=O) groups is 1. The minimum absolute atomic E-state index is 0.199. The molecule has 5 heteroatoms. The minimum atomic E-state index is -0.199. The summed E-state index contributed by atoms with van der Waals surface area (Å²) < 4.78 is 0. The second-order valence-corrected chi connectivity index (χ2v) is 4.69. The predicted molar refractivity (Wildman–Crippen MR) is 83.1 cm³/mol. The van der Waals surface area contributed by atoms with Crippen LogP contribution in [0.4, 0.5) is 11.4 Å². The Morgan fingerprint density at radius 2 is 1.86 bits per heavy atom. The topological polar surface area (TPSA) is 80.9 Å². The average Bonchev–Trinajstić information content (AvgIpc) is 2.51. The van der Waals surface area contributed by atoms with Crippen molar-refractivity contribution in [1.82, 2.24) is 9.97 Å². The monoisotopic (exact) mass is 278 g/mol. The Labute approximate surface area is 121 Å². The van der Waals surface area contributed by atoms with Gasteiger partial charge in [-0.3, -0.25) is 14.8 Å². The van der Waals surface area contributed by atoms with Crippen molar-refractivity contribution in [2.24, 2.45) is 0 Å². The maximum absolute atomic E-state index is 12.4. The molecule has 0 saturated heterocycles. The van der Waals surface area contributed by atoms with Crippen molar-refractivity contribution in [3.8, 4) is 0 Å². The molecule has 2 heterocycles. The van der Waals surface area contributed by atoms with Gasteiger partial charge in [0, 0.05) is 23.5 Å². The van der Waals surface area contributed by atoms with Crippen LogP contribution >= 0.6 is 0 Å². The summed E-state index contributed by atoms with van der Waals surface area (Å²) in [5.41, 5.74) is 9.09. The summed E-state index contributed by atoms with van der Waals surface area (Å²) in [5.74, 6) is -0.199. The third-order valence-corrected chi connectivity index (χ3v) is 3.30. The molecule has 0 aliphatic carbocycles. The zero-order chi connectivity index (χ0) is 14.8. The number of hydrogen-bond acceptors (Lipinski definition) is 4. The number of amides is 1. The Kier molecular flexibility index (Phi) is 3.23. The summed E-state index contributed by atoms with van der Waals surface area (Å²) in [6.45, 7) is 1.80. The molecule has 0 fully saturated rings. The van der Waals surface area contributed by atoms with Gasteiger partial charge >= 0.3 is 0 Å². The molecule has 0 spiro atoms. The molecule has 3 aromatic rings. The number of carbonyl (C=O) groups excluding carboxylic acids is 1. The van der Waals surface area contributed by atoms with Gasteiger partial charge in [0.05, 0.1) is 22.5 Å². The van der Waals surface area contributed by atoms with E-state index in [4.69, 9.17) is 5.73 Å². The lowest BCUT2D eigenvalue weighted by Crippen LogP contribution is -2.14. The molecule has 0 aliphatic rings. The summed E-state index contributed by atoms with van der Waals surface area (Å²) in [6.07, 6.45) is 3.34. The second kappa shape index (κ2) is 5.20. The van der Waals surface area contributed by atoms with Gasteiger partial charge in [0.15, 0.2) is 0 Å². The Bertz CT molecular complexity index is 829. The maximum Gasteiger partial charge on any atom is 0.257 e. The number of anilines is 2. The summed E-state index contributed by atoms with van der Waals surface area (Å²) >= 11 is 0. The van der Waals surface area contributed by atoms with E-state index in [-0.39, 0.29) is 5.91 Å². The van der Waals surface area contributed by atoms with E-state index in [2.05, 4.69) is 15.3 Å². The number of aryl methyl sites for hydroxylation is 1. The molecule has 0 radical (unpaired) electrons. The molecule has 0 unspecified atom stereocenters. The van der Waals surface area contributed by atoms with Crippen LogP contribution in [-0.4, -0.2) is 15.9 Å². The fraction of sp³-hybridized carbons (Fsp3) is 0.0625. The van der Waals surface area contributed by atoms with Crippen molar-refractivity contribution in [2.75, 3.05) is 11.1 Å². The van der Waals surface area contributed by atoms with Gasteiger partial charge in [-0.15, -0.1) is 0 Å². The van der Waals surface area contributed by atoms with Crippen LogP contribution in [-0.2, 0) is 0 Å². The van der Waals surface area contributed by atoms with Gasteiger partial charge in [0.25, 0.3) is 5.91 Å². The van der Waals surface area contributed by atoms with Crippen LogP contribution in [0, 0.1) is 6.92 Å². The highest BCUT2D eigenvalue weighted by Crippen LogP contribution is 2.26. The van der Waals surface area contributed by atoms with Crippen molar-refractivity contribution in [3.05, 3.63) is 60.0 Å². The zero-order valence-corrected chi connectivity index (χ0v) is 11.5. The van der Waals surface area contributed by atoms with Gasteiger partial charge in [-0.1, -0.05) is 0 Å². The van der Waals surface area contributed by atoms with Crippen LogP contribution in [0.25, 0.3) is 10.9 Å². The molecule has 0 atom stereocenters. The maximum atomic E-state index is 12.4. The lowest BCUT2D eigenvalue weighted by Gasteiger charge is -2.10. The number of benzene rings is 1. The van der Waals surface area contributed by atoms with Crippen LogP contribution in [0.15, 0.2) is 48.8 Å². The van der Waals surface area contributed by atoms with E-state index in [0.717, 1.165) is 5.39 Å². The third kappa shape index (κ3) is 2.41. The van der Waals surface area contributed by atoms with Crippen molar-refractivity contribution in [3.63, 3.8) is 0 Å². The highest BCUT2D eigenvalue weighted by atomic mass is 16.1. The molecule has 0 bridgehead atoms. The normalized spacial score (nSPS) is 10.5. The third-order valence-electron chi connectivity index (χ3n) is 3.30. The Morgan fingerprint density at radius 1 is 1.10 bits per heavy atom. The molecule has 1 amide bonds. The Balaban J connectivity index is 2.01.